The Hall–Kier alpha value is -2.78. The number of ether oxygens (including phenoxy) is 1. The Bertz CT molecular complexity index is 1680. The monoisotopic (exact) mass is 657 g/mol. The molecule has 4 aromatic rings. The quantitative estimate of drug-likeness (QED) is 0.184. The van der Waals surface area contributed by atoms with Crippen LogP contribution in [0.1, 0.15) is 52.8 Å². The number of rotatable bonds is 8. The molecular weight excluding hydrogens is 625 g/mol. The number of benzene rings is 2. The Kier molecular flexibility index (Phi) is 11.0. The first-order valence-electron chi connectivity index (χ1n) is 13.7. The molecule has 0 aliphatic heterocycles. The average molecular weight is 659 g/mol. The van der Waals surface area contributed by atoms with Gasteiger partial charge in [0.15, 0.2) is 0 Å². The second-order valence-corrected chi connectivity index (χ2v) is 13.1. The number of halogens is 3. The minimum atomic E-state index is -1.14. The van der Waals surface area contributed by atoms with Gasteiger partial charge in [0.1, 0.15) is 17.6 Å². The molecule has 1 aliphatic rings. The van der Waals surface area contributed by atoms with Gasteiger partial charge in [-0.3, -0.25) is 9.78 Å². The number of fused-ring (bicyclic) bond motifs is 1. The van der Waals surface area contributed by atoms with Crippen LogP contribution in [-0.2, 0) is 5.60 Å². The van der Waals surface area contributed by atoms with Crippen molar-refractivity contribution in [1.82, 2.24) is 15.3 Å². The lowest BCUT2D eigenvalue weighted by atomic mass is 9.83. The molecule has 0 saturated carbocycles. The van der Waals surface area contributed by atoms with Gasteiger partial charge in [0.2, 0.25) is 0 Å². The zero-order chi connectivity index (χ0) is 31.3. The molecule has 1 aliphatic carbocycles. The number of hydrogen-bond donors (Lipinski definition) is 2. The van der Waals surface area contributed by atoms with Crippen molar-refractivity contribution in [2.75, 3.05) is 20.7 Å². The van der Waals surface area contributed by atoms with Crippen LogP contribution in [0, 0.1) is 12.8 Å². The molecule has 6 nitrogen and oxygen atoms in total. The van der Waals surface area contributed by atoms with Crippen molar-refractivity contribution >= 4 is 62.6 Å². The second-order valence-electron chi connectivity index (χ2n) is 10.7. The molecule has 2 N–H and O–H groups in total. The van der Waals surface area contributed by atoms with E-state index in [0.717, 1.165) is 40.2 Å². The summed E-state index contributed by atoms with van der Waals surface area (Å²) in [6.07, 6.45) is 10.2. The highest BCUT2D eigenvalue weighted by Crippen LogP contribution is 2.42. The first-order chi connectivity index (χ1) is 20.5. The first kappa shape index (κ1) is 33.1. The van der Waals surface area contributed by atoms with Gasteiger partial charge in [-0.05, 0) is 64.4 Å². The maximum atomic E-state index is 10.8. The van der Waals surface area contributed by atoms with Gasteiger partial charge in [-0.2, -0.15) is 0 Å². The SMILES string of the molecule is CNCC(c1cc(C(C)(C)O)c(Cl)c(-c2cccc(Cl)c2Cl)n1)C1C=CC=CC1.COc1cc(C=O)cc2sc(C)nc12. The van der Waals surface area contributed by atoms with Crippen LogP contribution in [0.5, 0.6) is 5.75 Å². The summed E-state index contributed by atoms with van der Waals surface area (Å²) in [4.78, 5) is 19.9. The minimum Gasteiger partial charge on any atom is -0.494 e. The van der Waals surface area contributed by atoms with E-state index in [9.17, 15) is 9.90 Å². The Labute approximate surface area is 271 Å². The fourth-order valence-electron chi connectivity index (χ4n) is 5.00. The molecule has 0 radical (unpaired) electrons. The molecule has 2 atom stereocenters. The lowest BCUT2D eigenvalue weighted by Gasteiger charge is -2.28. The number of aldehydes is 1. The van der Waals surface area contributed by atoms with E-state index in [2.05, 4.69) is 34.6 Å². The van der Waals surface area contributed by atoms with E-state index in [-0.39, 0.29) is 5.92 Å². The maximum Gasteiger partial charge on any atom is 0.150 e. The summed E-state index contributed by atoms with van der Waals surface area (Å²) in [5.41, 5.74) is 2.98. The fourth-order valence-corrected chi connectivity index (χ4v) is 6.71. The summed E-state index contributed by atoms with van der Waals surface area (Å²) >= 11 is 21.0. The number of hydrogen-bond acceptors (Lipinski definition) is 7. The van der Waals surface area contributed by atoms with Gasteiger partial charge in [0.05, 0.1) is 43.2 Å². The Morgan fingerprint density at radius 2 is 1.93 bits per heavy atom. The van der Waals surface area contributed by atoms with Crippen LogP contribution in [0.25, 0.3) is 21.5 Å². The number of methoxy groups -OCH3 is 1. The number of thiazole rings is 1. The predicted octanol–water partition coefficient (Wildman–Crippen LogP) is 8.80. The van der Waals surface area contributed by atoms with Crippen molar-refractivity contribution in [3.05, 3.63) is 97.6 Å². The minimum absolute atomic E-state index is 0.108. The third-order valence-electron chi connectivity index (χ3n) is 7.12. The molecule has 2 aromatic carbocycles. The molecule has 0 spiro atoms. The van der Waals surface area contributed by atoms with Gasteiger partial charge in [0, 0.05) is 34.8 Å². The number of carbonyl (C=O) groups is 1. The number of pyridine rings is 1. The predicted molar refractivity (Wildman–Crippen MR) is 179 cm³/mol. The first-order valence-corrected chi connectivity index (χ1v) is 15.7. The number of nitrogens with zero attached hydrogens (tertiary/aromatic N) is 2. The number of carbonyl (C=O) groups excluding carboxylic acids is 1. The average Bonchev–Trinajstić information content (AvgIpc) is 3.37. The van der Waals surface area contributed by atoms with Crippen LogP contribution in [0.3, 0.4) is 0 Å². The van der Waals surface area contributed by atoms with Crippen LogP contribution in [0.2, 0.25) is 15.1 Å². The van der Waals surface area contributed by atoms with Crippen molar-refractivity contribution in [3.8, 4) is 17.0 Å². The Morgan fingerprint density at radius 3 is 2.56 bits per heavy atom. The van der Waals surface area contributed by atoms with E-state index in [1.54, 1.807) is 44.4 Å². The summed E-state index contributed by atoms with van der Waals surface area (Å²) < 4.78 is 6.16. The molecule has 226 valence electrons. The van der Waals surface area contributed by atoms with Crippen LogP contribution in [0.15, 0.2) is 60.7 Å². The number of aryl methyl sites for hydroxylation is 1. The summed E-state index contributed by atoms with van der Waals surface area (Å²) in [6.45, 7) is 6.12. The van der Waals surface area contributed by atoms with Crippen LogP contribution >= 0.6 is 46.1 Å². The summed E-state index contributed by atoms with van der Waals surface area (Å²) in [6, 6.07) is 10.8. The highest BCUT2D eigenvalue weighted by atomic mass is 35.5. The molecule has 43 heavy (non-hydrogen) atoms. The van der Waals surface area contributed by atoms with Crippen LogP contribution < -0.4 is 10.1 Å². The second kappa shape index (κ2) is 14.3. The standard InChI is InChI=1S/C23H25Cl3N2O.C10H9NO2S/c1-23(2,29)17-12-19(16(13-27-3)14-8-5-4-6-9-14)28-22(21(17)26)15-10-7-11-18(24)20(15)25;1-6-11-10-8(13-2)3-7(5-12)4-9(10)14-6/h4-8,10-12,14,16,27,29H,9,13H2,1-3H3;3-5H,1-2H3. The van der Waals surface area contributed by atoms with Gasteiger partial charge in [-0.1, -0.05) is 71.2 Å². The number of likely N-dealkylation sites (N-methyl/N-ethyl adjacent to an activating group) is 1. The number of allylic oxidation sites excluding steroid dienone is 4. The highest BCUT2D eigenvalue weighted by Gasteiger charge is 2.29. The third kappa shape index (κ3) is 7.66. The lowest BCUT2D eigenvalue weighted by molar-refractivity contribution is 0.0785. The van der Waals surface area contributed by atoms with Gasteiger partial charge >= 0.3 is 0 Å². The van der Waals surface area contributed by atoms with Gasteiger partial charge in [-0.25, -0.2) is 4.98 Å². The number of aliphatic hydroxyl groups is 1. The van der Waals surface area contributed by atoms with Gasteiger partial charge in [-0.15, -0.1) is 11.3 Å². The van der Waals surface area contributed by atoms with Crippen LogP contribution in [0.4, 0.5) is 0 Å². The Balaban J connectivity index is 0.000000251. The van der Waals surface area contributed by atoms with E-state index >= 15 is 0 Å². The summed E-state index contributed by atoms with van der Waals surface area (Å²) in [7, 11) is 3.51. The zero-order valence-corrected chi connectivity index (χ0v) is 27.7. The Morgan fingerprint density at radius 1 is 1.16 bits per heavy atom. The lowest BCUT2D eigenvalue weighted by Crippen LogP contribution is -2.26. The molecule has 5 rings (SSSR count). The molecule has 2 heterocycles. The van der Waals surface area contributed by atoms with E-state index in [0.29, 0.717) is 49.1 Å². The van der Waals surface area contributed by atoms with Crippen LogP contribution in [-0.4, -0.2) is 42.1 Å². The largest absolute Gasteiger partial charge is 0.494 e. The smallest absolute Gasteiger partial charge is 0.150 e. The summed E-state index contributed by atoms with van der Waals surface area (Å²) in [5, 5.41) is 16.3. The fraction of sp³-hybridized carbons (Fsp3) is 0.303. The zero-order valence-electron chi connectivity index (χ0n) is 24.6. The van der Waals surface area contributed by atoms with E-state index in [1.807, 2.05) is 38.2 Å². The van der Waals surface area contributed by atoms with Crippen molar-refractivity contribution in [2.45, 2.75) is 38.7 Å². The summed E-state index contributed by atoms with van der Waals surface area (Å²) in [5.74, 6) is 1.06. The highest BCUT2D eigenvalue weighted by molar-refractivity contribution is 7.18. The third-order valence-corrected chi connectivity index (χ3v) is 9.24. The topological polar surface area (TPSA) is 84.3 Å². The normalized spacial score (nSPS) is 15.2. The van der Waals surface area contributed by atoms with E-state index < -0.39 is 5.60 Å². The van der Waals surface area contributed by atoms with Gasteiger partial charge < -0.3 is 15.2 Å². The van der Waals surface area contributed by atoms with E-state index in [4.69, 9.17) is 44.5 Å². The van der Waals surface area contributed by atoms with Gasteiger partial charge in [0.25, 0.3) is 0 Å². The number of aromatic nitrogens is 2. The molecule has 10 heteroatoms. The molecule has 0 fully saturated rings. The molecular formula is C33H34Cl3N3O3S. The van der Waals surface area contributed by atoms with Crippen molar-refractivity contribution in [1.29, 1.82) is 0 Å². The molecule has 2 unspecified atom stereocenters. The molecule has 0 saturated heterocycles. The molecule has 0 amide bonds. The van der Waals surface area contributed by atoms with Crippen molar-refractivity contribution < 1.29 is 14.6 Å². The molecule has 0 bridgehead atoms. The number of nitrogens with one attached hydrogen (secondary N) is 1. The molecule has 2 aromatic heterocycles. The maximum absolute atomic E-state index is 10.8. The van der Waals surface area contributed by atoms with Crippen molar-refractivity contribution in [2.24, 2.45) is 5.92 Å². The van der Waals surface area contributed by atoms with E-state index in [1.165, 1.54) is 0 Å². The van der Waals surface area contributed by atoms with Crippen molar-refractivity contribution in [3.63, 3.8) is 0 Å².